The van der Waals surface area contributed by atoms with Gasteiger partial charge in [-0.3, -0.25) is 4.90 Å². The highest BCUT2D eigenvalue weighted by atomic mass is 16.3. The van der Waals surface area contributed by atoms with Crippen LogP contribution in [0.2, 0.25) is 0 Å². The number of aliphatic hydroxyl groups excluding tert-OH is 1. The van der Waals surface area contributed by atoms with Crippen LogP contribution >= 0.6 is 0 Å². The zero-order chi connectivity index (χ0) is 13.2. The maximum Gasteiger partial charge on any atom is 0.137 e. The lowest BCUT2D eigenvalue weighted by Gasteiger charge is -2.29. The van der Waals surface area contributed by atoms with Crippen LogP contribution < -0.4 is 0 Å². The Labute approximate surface area is 113 Å². The standard InChI is InChI=1S/C15H19N3O/c1-12(19)15-16-9-14-11-17(7-8-18(14)15)10-13-5-3-2-4-6-13/h2-6,9,12,19H,7-8,10-11H2,1H3. The molecule has 1 aliphatic rings. The SMILES string of the molecule is CC(O)c1ncc2n1CCN(Cc1ccccc1)C2. The van der Waals surface area contributed by atoms with E-state index in [0.717, 1.165) is 32.0 Å². The summed E-state index contributed by atoms with van der Waals surface area (Å²) in [5.74, 6) is 0.786. The molecule has 4 heteroatoms. The maximum absolute atomic E-state index is 9.67. The van der Waals surface area contributed by atoms with E-state index >= 15 is 0 Å². The summed E-state index contributed by atoms with van der Waals surface area (Å²) in [5, 5.41) is 9.67. The van der Waals surface area contributed by atoms with Crippen molar-refractivity contribution in [3.05, 3.63) is 53.6 Å². The van der Waals surface area contributed by atoms with Gasteiger partial charge in [-0.05, 0) is 12.5 Å². The molecule has 1 aromatic carbocycles. The lowest BCUT2D eigenvalue weighted by Crippen LogP contribution is -2.33. The van der Waals surface area contributed by atoms with Crippen molar-refractivity contribution in [3.63, 3.8) is 0 Å². The third kappa shape index (κ3) is 2.55. The third-order valence-corrected chi connectivity index (χ3v) is 3.62. The Bertz CT molecular complexity index is 548. The Kier molecular flexibility index (Phi) is 3.36. The molecular formula is C15H19N3O. The van der Waals surface area contributed by atoms with Gasteiger partial charge in [0.15, 0.2) is 0 Å². The number of rotatable bonds is 3. The molecule has 0 radical (unpaired) electrons. The second-order valence-corrected chi connectivity index (χ2v) is 5.13. The molecule has 0 spiro atoms. The van der Waals surface area contributed by atoms with Crippen LogP contribution in [0.1, 0.15) is 30.1 Å². The molecule has 2 aromatic rings. The first-order chi connectivity index (χ1) is 9.24. The van der Waals surface area contributed by atoms with Gasteiger partial charge in [-0.25, -0.2) is 4.98 Å². The Morgan fingerprint density at radius 1 is 1.26 bits per heavy atom. The molecule has 100 valence electrons. The Morgan fingerprint density at radius 2 is 2.05 bits per heavy atom. The van der Waals surface area contributed by atoms with E-state index in [2.05, 4.69) is 38.7 Å². The normalized spacial score (nSPS) is 17.2. The largest absolute Gasteiger partial charge is 0.385 e. The summed E-state index contributed by atoms with van der Waals surface area (Å²) >= 11 is 0. The predicted molar refractivity (Wildman–Crippen MR) is 73.4 cm³/mol. The van der Waals surface area contributed by atoms with Crippen LogP contribution in [0.15, 0.2) is 36.5 Å². The quantitative estimate of drug-likeness (QED) is 0.913. The highest BCUT2D eigenvalue weighted by molar-refractivity contribution is 5.15. The van der Waals surface area contributed by atoms with Gasteiger partial charge in [0.2, 0.25) is 0 Å². The molecule has 0 fully saturated rings. The van der Waals surface area contributed by atoms with Crippen molar-refractivity contribution >= 4 is 0 Å². The lowest BCUT2D eigenvalue weighted by atomic mass is 10.2. The van der Waals surface area contributed by atoms with E-state index < -0.39 is 6.10 Å². The molecule has 0 aliphatic carbocycles. The third-order valence-electron chi connectivity index (χ3n) is 3.62. The molecule has 1 N–H and O–H groups in total. The molecule has 0 amide bonds. The molecule has 0 bridgehead atoms. The van der Waals surface area contributed by atoms with Crippen LogP contribution in [0.5, 0.6) is 0 Å². The van der Waals surface area contributed by atoms with Crippen molar-refractivity contribution in [1.29, 1.82) is 0 Å². The molecule has 1 aliphatic heterocycles. The summed E-state index contributed by atoms with van der Waals surface area (Å²) in [6.45, 7) is 5.54. The molecule has 0 saturated carbocycles. The Morgan fingerprint density at radius 3 is 2.79 bits per heavy atom. The number of aromatic nitrogens is 2. The highest BCUT2D eigenvalue weighted by Crippen LogP contribution is 2.20. The maximum atomic E-state index is 9.67. The van der Waals surface area contributed by atoms with Gasteiger partial charge in [0.05, 0.1) is 5.69 Å². The second-order valence-electron chi connectivity index (χ2n) is 5.13. The summed E-state index contributed by atoms with van der Waals surface area (Å²) in [6.07, 6.45) is 1.40. The fraction of sp³-hybridized carbons (Fsp3) is 0.400. The van der Waals surface area contributed by atoms with E-state index in [1.54, 1.807) is 6.92 Å². The number of aliphatic hydroxyl groups is 1. The minimum Gasteiger partial charge on any atom is -0.385 e. The van der Waals surface area contributed by atoms with Crippen molar-refractivity contribution in [2.75, 3.05) is 6.54 Å². The van der Waals surface area contributed by atoms with Crippen LogP contribution in [0.4, 0.5) is 0 Å². The highest BCUT2D eigenvalue weighted by Gasteiger charge is 2.21. The van der Waals surface area contributed by atoms with Crippen LogP contribution in [-0.4, -0.2) is 26.1 Å². The molecule has 1 atom stereocenters. The molecule has 1 aromatic heterocycles. The van der Waals surface area contributed by atoms with Crippen LogP contribution in [0, 0.1) is 0 Å². The van der Waals surface area contributed by atoms with Crippen molar-refractivity contribution in [1.82, 2.24) is 14.5 Å². The lowest BCUT2D eigenvalue weighted by molar-refractivity contribution is 0.168. The molecular weight excluding hydrogens is 238 g/mol. The summed E-state index contributed by atoms with van der Waals surface area (Å²) < 4.78 is 2.14. The molecule has 19 heavy (non-hydrogen) atoms. The second kappa shape index (κ2) is 5.15. The first kappa shape index (κ1) is 12.4. The molecule has 4 nitrogen and oxygen atoms in total. The van der Waals surface area contributed by atoms with E-state index in [9.17, 15) is 5.11 Å². The van der Waals surface area contributed by atoms with Gasteiger partial charge in [-0.2, -0.15) is 0 Å². The minimum atomic E-state index is -0.491. The average Bonchev–Trinajstić information content (AvgIpc) is 2.83. The van der Waals surface area contributed by atoms with Crippen molar-refractivity contribution < 1.29 is 5.11 Å². The fourth-order valence-electron chi connectivity index (χ4n) is 2.67. The van der Waals surface area contributed by atoms with Gasteiger partial charge in [-0.15, -0.1) is 0 Å². The number of hydrogen-bond acceptors (Lipinski definition) is 3. The summed E-state index contributed by atoms with van der Waals surface area (Å²) in [6, 6.07) is 10.5. The van der Waals surface area contributed by atoms with Crippen LogP contribution in [-0.2, 0) is 19.6 Å². The van der Waals surface area contributed by atoms with Gasteiger partial charge in [0.1, 0.15) is 11.9 Å². The van der Waals surface area contributed by atoms with E-state index in [1.807, 2.05) is 12.3 Å². The van der Waals surface area contributed by atoms with E-state index in [1.165, 1.54) is 11.3 Å². The minimum absolute atomic E-state index is 0.491. The van der Waals surface area contributed by atoms with Gasteiger partial charge in [0.25, 0.3) is 0 Å². The Hall–Kier alpha value is -1.65. The predicted octanol–water partition coefficient (Wildman–Crippen LogP) is 1.95. The van der Waals surface area contributed by atoms with Gasteiger partial charge < -0.3 is 9.67 Å². The van der Waals surface area contributed by atoms with Crippen LogP contribution in [0.25, 0.3) is 0 Å². The average molecular weight is 257 g/mol. The van der Waals surface area contributed by atoms with Crippen molar-refractivity contribution in [3.8, 4) is 0 Å². The first-order valence-electron chi connectivity index (χ1n) is 6.72. The number of imidazole rings is 1. The van der Waals surface area contributed by atoms with Gasteiger partial charge in [0, 0.05) is 32.4 Å². The van der Waals surface area contributed by atoms with Crippen LogP contribution in [0.3, 0.4) is 0 Å². The van der Waals surface area contributed by atoms with Crippen molar-refractivity contribution in [2.24, 2.45) is 0 Å². The monoisotopic (exact) mass is 257 g/mol. The van der Waals surface area contributed by atoms with Gasteiger partial charge in [-0.1, -0.05) is 30.3 Å². The number of benzene rings is 1. The fourth-order valence-corrected chi connectivity index (χ4v) is 2.67. The smallest absolute Gasteiger partial charge is 0.137 e. The topological polar surface area (TPSA) is 41.3 Å². The number of fused-ring (bicyclic) bond motifs is 1. The number of hydrogen-bond donors (Lipinski definition) is 1. The zero-order valence-electron chi connectivity index (χ0n) is 11.2. The zero-order valence-corrected chi connectivity index (χ0v) is 11.2. The van der Waals surface area contributed by atoms with Crippen molar-refractivity contribution in [2.45, 2.75) is 32.7 Å². The molecule has 0 saturated heterocycles. The number of nitrogens with zero attached hydrogens (tertiary/aromatic N) is 3. The van der Waals surface area contributed by atoms with Gasteiger partial charge >= 0.3 is 0 Å². The summed E-state index contributed by atoms with van der Waals surface area (Å²) in [7, 11) is 0. The van der Waals surface area contributed by atoms with E-state index in [0.29, 0.717) is 0 Å². The summed E-state index contributed by atoms with van der Waals surface area (Å²) in [5.41, 5.74) is 2.53. The van der Waals surface area contributed by atoms with E-state index in [4.69, 9.17) is 0 Å². The first-order valence-corrected chi connectivity index (χ1v) is 6.72. The Balaban J connectivity index is 1.73. The molecule has 1 unspecified atom stereocenters. The molecule has 2 heterocycles. The molecule has 3 rings (SSSR count). The summed E-state index contributed by atoms with van der Waals surface area (Å²) in [4.78, 5) is 6.74. The van der Waals surface area contributed by atoms with E-state index in [-0.39, 0.29) is 0 Å².